The molecule has 0 unspecified atom stereocenters. The van der Waals surface area contributed by atoms with Gasteiger partial charge in [-0.2, -0.15) is 13.2 Å². The molecule has 2 aromatic rings. The third-order valence-corrected chi connectivity index (χ3v) is 6.51. The van der Waals surface area contributed by atoms with Gasteiger partial charge >= 0.3 is 6.18 Å². The minimum Gasteiger partial charge on any atom is -0.370 e. The number of pyridine rings is 1. The third-order valence-electron chi connectivity index (χ3n) is 5.75. The smallest absolute Gasteiger partial charge is 0.370 e. The van der Waals surface area contributed by atoms with Crippen LogP contribution in [0.1, 0.15) is 47.2 Å². The molecule has 1 fully saturated rings. The first kappa shape index (κ1) is 25.6. The molecule has 0 bridgehead atoms. The maximum absolute atomic E-state index is 13.0. The average Bonchev–Trinajstić information content (AvgIpc) is 2.77. The Morgan fingerprint density at radius 3 is 2.42 bits per heavy atom. The van der Waals surface area contributed by atoms with Crippen LogP contribution in [0.15, 0.2) is 36.5 Å². The molecule has 10 heteroatoms. The SMILES string of the molecule is CN(C)Cc1ccc(NCC2CCC(N(Cl)C(=O)c3cc(C(F)(F)F)ccc3Cl)CC2)nc1. The van der Waals surface area contributed by atoms with E-state index < -0.39 is 17.6 Å². The van der Waals surface area contributed by atoms with Gasteiger partial charge in [-0.05, 0) is 75.5 Å². The Hall–Kier alpha value is -2.03. The highest BCUT2D eigenvalue weighted by Crippen LogP contribution is 2.34. The van der Waals surface area contributed by atoms with Gasteiger partial charge in [0.15, 0.2) is 0 Å². The fraction of sp³-hybridized carbons (Fsp3) is 0.478. The molecule has 0 spiro atoms. The van der Waals surface area contributed by atoms with Gasteiger partial charge in [-0.25, -0.2) is 9.40 Å². The second-order valence-corrected chi connectivity index (χ2v) is 9.43. The summed E-state index contributed by atoms with van der Waals surface area (Å²) in [4.78, 5) is 19.3. The van der Waals surface area contributed by atoms with Gasteiger partial charge in [-0.15, -0.1) is 0 Å². The first-order valence-corrected chi connectivity index (χ1v) is 11.5. The van der Waals surface area contributed by atoms with E-state index in [0.29, 0.717) is 18.8 Å². The van der Waals surface area contributed by atoms with Crippen LogP contribution in [-0.4, -0.2) is 46.9 Å². The molecule has 1 N–H and O–H groups in total. The van der Waals surface area contributed by atoms with Gasteiger partial charge in [0.25, 0.3) is 5.91 Å². The van der Waals surface area contributed by atoms with Gasteiger partial charge in [0.1, 0.15) is 5.82 Å². The Morgan fingerprint density at radius 1 is 1.15 bits per heavy atom. The van der Waals surface area contributed by atoms with Gasteiger partial charge in [-0.3, -0.25) is 4.79 Å². The number of hydrogen-bond acceptors (Lipinski definition) is 4. The van der Waals surface area contributed by atoms with Crippen LogP contribution in [0.5, 0.6) is 0 Å². The molecule has 1 aromatic heterocycles. The lowest BCUT2D eigenvalue weighted by molar-refractivity contribution is -0.137. The summed E-state index contributed by atoms with van der Waals surface area (Å²) in [6.07, 6.45) is 0.283. The summed E-state index contributed by atoms with van der Waals surface area (Å²) >= 11 is 12.3. The first-order valence-electron chi connectivity index (χ1n) is 10.7. The minimum atomic E-state index is -4.57. The second-order valence-electron chi connectivity index (χ2n) is 8.65. The van der Waals surface area contributed by atoms with Crippen LogP contribution < -0.4 is 5.32 Å². The van der Waals surface area contributed by atoms with E-state index in [4.69, 9.17) is 23.4 Å². The van der Waals surface area contributed by atoms with Gasteiger partial charge in [0, 0.05) is 37.1 Å². The van der Waals surface area contributed by atoms with Crippen molar-refractivity contribution in [2.75, 3.05) is 26.0 Å². The van der Waals surface area contributed by atoms with Crippen molar-refractivity contribution in [1.82, 2.24) is 14.3 Å². The Labute approximate surface area is 202 Å². The zero-order valence-electron chi connectivity index (χ0n) is 18.5. The lowest BCUT2D eigenvalue weighted by atomic mass is 9.86. The van der Waals surface area contributed by atoms with E-state index in [2.05, 4.69) is 15.2 Å². The zero-order chi connectivity index (χ0) is 24.2. The number of rotatable bonds is 7. The van der Waals surface area contributed by atoms with Crippen LogP contribution in [0.4, 0.5) is 19.0 Å². The predicted molar refractivity (Wildman–Crippen MR) is 124 cm³/mol. The molecular formula is C23H27Cl2F3N4O. The maximum Gasteiger partial charge on any atom is 0.416 e. The van der Waals surface area contributed by atoms with Crippen molar-refractivity contribution in [3.8, 4) is 0 Å². The van der Waals surface area contributed by atoms with Crippen molar-refractivity contribution in [2.45, 2.75) is 44.4 Å². The molecule has 0 radical (unpaired) electrons. The molecule has 1 aliphatic carbocycles. The standard InChI is InChI=1S/C23H27Cl2F3N4O/c1-31(2)14-16-5-10-21(30-13-16)29-12-15-3-7-18(8-4-15)32(25)22(33)19-11-17(23(26,27)28)6-9-20(19)24/h5-6,9-11,13,15,18H,3-4,7-8,12,14H2,1-2H3,(H,29,30). The summed E-state index contributed by atoms with van der Waals surface area (Å²) in [5, 5.41) is 3.30. The van der Waals surface area contributed by atoms with Crippen molar-refractivity contribution in [3.63, 3.8) is 0 Å². The van der Waals surface area contributed by atoms with E-state index in [1.54, 1.807) is 0 Å². The summed E-state index contributed by atoms with van der Waals surface area (Å²) in [5.74, 6) is 0.492. The Bertz CT molecular complexity index is 946. The third kappa shape index (κ3) is 6.98. The van der Waals surface area contributed by atoms with Crippen molar-refractivity contribution in [1.29, 1.82) is 0 Å². The number of benzene rings is 1. The van der Waals surface area contributed by atoms with E-state index in [9.17, 15) is 18.0 Å². The molecule has 5 nitrogen and oxygen atoms in total. The van der Waals surface area contributed by atoms with E-state index in [0.717, 1.165) is 59.9 Å². The molecule has 0 saturated heterocycles. The monoisotopic (exact) mass is 502 g/mol. The molecule has 33 heavy (non-hydrogen) atoms. The summed E-state index contributed by atoms with van der Waals surface area (Å²) in [6.45, 7) is 1.58. The number of halogens is 5. The van der Waals surface area contributed by atoms with Gasteiger partial charge in [0.05, 0.1) is 16.1 Å². The van der Waals surface area contributed by atoms with Crippen LogP contribution in [0.25, 0.3) is 0 Å². The van der Waals surface area contributed by atoms with Gasteiger partial charge in [-0.1, -0.05) is 17.7 Å². The Morgan fingerprint density at radius 2 is 1.85 bits per heavy atom. The number of hydrogen-bond donors (Lipinski definition) is 1. The molecule has 1 aliphatic rings. The summed E-state index contributed by atoms with van der Waals surface area (Å²) in [7, 11) is 4.01. The molecular weight excluding hydrogens is 476 g/mol. The van der Waals surface area contributed by atoms with Crippen LogP contribution in [-0.2, 0) is 12.7 Å². The van der Waals surface area contributed by atoms with E-state index in [-0.39, 0.29) is 16.6 Å². The van der Waals surface area contributed by atoms with Crippen molar-refractivity contribution < 1.29 is 18.0 Å². The van der Waals surface area contributed by atoms with E-state index in [1.165, 1.54) is 0 Å². The highest BCUT2D eigenvalue weighted by atomic mass is 35.5. The fourth-order valence-corrected chi connectivity index (χ4v) is 4.44. The number of aromatic nitrogens is 1. The van der Waals surface area contributed by atoms with E-state index >= 15 is 0 Å². The number of carbonyl (C=O) groups excluding carboxylic acids is 1. The molecule has 1 saturated carbocycles. The molecule has 0 aliphatic heterocycles. The van der Waals surface area contributed by atoms with Crippen molar-refractivity contribution >= 4 is 35.1 Å². The number of amides is 1. The summed E-state index contributed by atoms with van der Waals surface area (Å²) in [6, 6.07) is 6.42. The average molecular weight is 503 g/mol. The molecule has 0 atom stereocenters. The highest BCUT2D eigenvalue weighted by molar-refractivity contribution is 6.35. The largest absolute Gasteiger partial charge is 0.416 e. The van der Waals surface area contributed by atoms with Crippen LogP contribution in [0, 0.1) is 5.92 Å². The van der Waals surface area contributed by atoms with E-state index in [1.807, 2.05) is 32.4 Å². The Balaban J connectivity index is 1.52. The number of anilines is 1. The van der Waals surface area contributed by atoms with Gasteiger partial charge < -0.3 is 10.2 Å². The lowest BCUT2D eigenvalue weighted by Gasteiger charge is -2.33. The molecule has 180 valence electrons. The second kappa shape index (κ2) is 10.9. The predicted octanol–water partition coefficient (Wildman–Crippen LogP) is 6.08. The highest BCUT2D eigenvalue weighted by Gasteiger charge is 2.34. The first-order chi connectivity index (χ1) is 15.5. The van der Waals surface area contributed by atoms with Crippen LogP contribution >= 0.6 is 23.4 Å². The lowest BCUT2D eigenvalue weighted by Crippen LogP contribution is -2.37. The van der Waals surface area contributed by atoms with Gasteiger partial charge in [0.2, 0.25) is 0 Å². The molecule has 1 amide bonds. The number of carbonyl (C=O) groups is 1. The maximum atomic E-state index is 13.0. The number of nitrogens with zero attached hydrogens (tertiary/aromatic N) is 3. The number of nitrogens with one attached hydrogen (secondary N) is 1. The number of alkyl halides is 3. The Kier molecular flexibility index (Phi) is 8.48. The fourth-order valence-electron chi connectivity index (χ4n) is 3.96. The van der Waals surface area contributed by atoms with Crippen molar-refractivity contribution in [3.05, 3.63) is 58.2 Å². The van der Waals surface area contributed by atoms with Crippen LogP contribution in [0.3, 0.4) is 0 Å². The molecule has 1 heterocycles. The molecule has 1 aromatic carbocycles. The minimum absolute atomic E-state index is 0.0550. The topological polar surface area (TPSA) is 48.5 Å². The zero-order valence-corrected chi connectivity index (χ0v) is 20.0. The van der Waals surface area contributed by atoms with Crippen molar-refractivity contribution in [2.24, 2.45) is 5.92 Å². The summed E-state index contributed by atoms with van der Waals surface area (Å²) in [5.41, 5.74) is -0.0358. The quantitative estimate of drug-likeness (QED) is 0.466. The normalized spacial score (nSPS) is 18.9. The van der Waals surface area contributed by atoms with Crippen LogP contribution in [0.2, 0.25) is 5.02 Å². The molecule has 3 rings (SSSR count). The summed E-state index contributed by atoms with van der Waals surface area (Å²) < 4.78 is 40.1.